The number of piperidine rings is 1. The zero-order chi connectivity index (χ0) is 24.8. The van der Waals surface area contributed by atoms with Gasteiger partial charge in [-0.25, -0.2) is 22.8 Å². The Morgan fingerprint density at radius 3 is 2.69 bits per heavy atom. The molecule has 2 aromatic carbocycles. The first-order valence-electron chi connectivity index (χ1n) is 11.6. The maximum Gasteiger partial charge on any atom is 0.223 e. The van der Waals surface area contributed by atoms with Crippen LogP contribution in [-0.4, -0.2) is 59.7 Å². The Kier molecular flexibility index (Phi) is 7.94. The van der Waals surface area contributed by atoms with E-state index >= 15 is 0 Å². The summed E-state index contributed by atoms with van der Waals surface area (Å²) in [5.41, 5.74) is 3.23. The summed E-state index contributed by atoms with van der Waals surface area (Å²) >= 11 is 0. The summed E-state index contributed by atoms with van der Waals surface area (Å²) in [5.74, 6) is -0.565. The van der Waals surface area contributed by atoms with Crippen molar-refractivity contribution >= 4 is 16.0 Å². The minimum absolute atomic E-state index is 0.00758. The van der Waals surface area contributed by atoms with Crippen molar-refractivity contribution in [1.29, 1.82) is 0 Å². The first-order valence-corrected chi connectivity index (χ1v) is 13.5. The molecule has 186 valence electrons. The fourth-order valence-electron chi connectivity index (χ4n) is 4.25. The molecule has 0 saturated carbocycles. The molecule has 1 aliphatic rings. The maximum absolute atomic E-state index is 13.5. The van der Waals surface area contributed by atoms with Crippen LogP contribution in [0, 0.1) is 5.82 Å². The lowest BCUT2D eigenvalue weighted by molar-refractivity contribution is 0.258. The molecule has 0 atom stereocenters. The van der Waals surface area contributed by atoms with E-state index in [0.29, 0.717) is 31.2 Å². The summed E-state index contributed by atoms with van der Waals surface area (Å²) < 4.78 is 40.2. The second-order valence-corrected chi connectivity index (χ2v) is 10.7. The van der Waals surface area contributed by atoms with E-state index in [4.69, 9.17) is 0 Å². The van der Waals surface area contributed by atoms with Crippen molar-refractivity contribution < 1.29 is 17.9 Å². The number of anilines is 1. The molecule has 10 heteroatoms. The minimum atomic E-state index is -3.35. The summed E-state index contributed by atoms with van der Waals surface area (Å²) in [6.45, 7) is 2.44. The third-order valence-electron chi connectivity index (χ3n) is 6.07. The van der Waals surface area contributed by atoms with Gasteiger partial charge in [0.05, 0.1) is 11.9 Å². The van der Waals surface area contributed by atoms with Gasteiger partial charge in [0, 0.05) is 30.9 Å². The summed E-state index contributed by atoms with van der Waals surface area (Å²) in [4.78, 5) is 8.85. The highest BCUT2D eigenvalue weighted by atomic mass is 32.2. The monoisotopic (exact) mass is 499 g/mol. The van der Waals surface area contributed by atoms with E-state index in [0.717, 1.165) is 42.6 Å². The van der Waals surface area contributed by atoms with Crippen molar-refractivity contribution in [2.24, 2.45) is 0 Å². The lowest BCUT2D eigenvalue weighted by atomic mass is 10.0. The van der Waals surface area contributed by atoms with Gasteiger partial charge in [0.2, 0.25) is 16.0 Å². The quantitative estimate of drug-likeness (QED) is 0.415. The first-order chi connectivity index (χ1) is 16.8. The van der Waals surface area contributed by atoms with Crippen LogP contribution in [0.2, 0.25) is 0 Å². The number of nitrogens with zero attached hydrogens (tertiary/aromatic N) is 3. The molecule has 4 rings (SSSR count). The molecule has 2 heterocycles. The van der Waals surface area contributed by atoms with Gasteiger partial charge >= 0.3 is 0 Å². The van der Waals surface area contributed by atoms with Gasteiger partial charge < -0.3 is 15.7 Å². The predicted octanol–water partition coefficient (Wildman–Crippen LogP) is 3.16. The molecule has 1 fully saturated rings. The van der Waals surface area contributed by atoms with Crippen LogP contribution in [0.5, 0.6) is 5.75 Å². The van der Waals surface area contributed by atoms with Crippen LogP contribution in [0.1, 0.15) is 24.0 Å². The molecule has 3 N–H and O–H groups in total. The molecule has 0 spiro atoms. The SMILES string of the molecule is CS(=O)(=O)N(Cc1cccc(-c2ccnc(NCCc3ccc(O)c(F)c3)n2)c1)C1CCNCC1. The van der Waals surface area contributed by atoms with Gasteiger partial charge in [0.15, 0.2) is 11.6 Å². The molecular formula is C25H30FN5O3S. The van der Waals surface area contributed by atoms with Gasteiger partial charge in [-0.3, -0.25) is 0 Å². The molecule has 1 aliphatic heterocycles. The average molecular weight is 500 g/mol. The Bertz CT molecular complexity index is 1270. The smallest absolute Gasteiger partial charge is 0.223 e. The lowest BCUT2D eigenvalue weighted by Gasteiger charge is -2.32. The lowest BCUT2D eigenvalue weighted by Crippen LogP contribution is -2.45. The summed E-state index contributed by atoms with van der Waals surface area (Å²) in [7, 11) is -3.35. The number of aromatic hydroxyl groups is 1. The van der Waals surface area contributed by atoms with Gasteiger partial charge in [0.1, 0.15) is 0 Å². The van der Waals surface area contributed by atoms with Crippen LogP contribution in [0.15, 0.2) is 54.7 Å². The van der Waals surface area contributed by atoms with Crippen molar-refractivity contribution in [3.8, 4) is 17.0 Å². The number of nitrogens with one attached hydrogen (secondary N) is 2. The molecule has 1 saturated heterocycles. The van der Waals surface area contributed by atoms with Crippen molar-refractivity contribution in [2.45, 2.75) is 31.8 Å². The minimum Gasteiger partial charge on any atom is -0.505 e. The Balaban J connectivity index is 1.44. The number of phenols is 1. The third kappa shape index (κ3) is 6.74. The van der Waals surface area contributed by atoms with Crippen molar-refractivity contribution in [2.75, 3.05) is 31.2 Å². The van der Waals surface area contributed by atoms with Crippen molar-refractivity contribution in [3.05, 3.63) is 71.7 Å². The number of hydrogen-bond acceptors (Lipinski definition) is 7. The third-order valence-corrected chi connectivity index (χ3v) is 7.35. The maximum atomic E-state index is 13.5. The highest BCUT2D eigenvalue weighted by Gasteiger charge is 2.28. The topological polar surface area (TPSA) is 107 Å². The number of aromatic nitrogens is 2. The Hall–Kier alpha value is -3.08. The molecule has 35 heavy (non-hydrogen) atoms. The van der Waals surface area contributed by atoms with Crippen LogP contribution in [-0.2, 0) is 23.0 Å². The van der Waals surface area contributed by atoms with E-state index in [1.807, 2.05) is 24.3 Å². The van der Waals surface area contributed by atoms with Crippen LogP contribution in [0.25, 0.3) is 11.3 Å². The highest BCUT2D eigenvalue weighted by Crippen LogP contribution is 2.23. The molecule has 0 bridgehead atoms. The second kappa shape index (κ2) is 11.1. The van der Waals surface area contributed by atoms with Gasteiger partial charge in [-0.05, 0) is 67.7 Å². The zero-order valence-electron chi connectivity index (χ0n) is 19.6. The fraction of sp³-hybridized carbons (Fsp3) is 0.360. The Morgan fingerprint density at radius 1 is 1.14 bits per heavy atom. The van der Waals surface area contributed by atoms with Gasteiger partial charge in [0.25, 0.3) is 0 Å². The number of rotatable bonds is 9. The van der Waals surface area contributed by atoms with Crippen LogP contribution in [0.4, 0.5) is 10.3 Å². The highest BCUT2D eigenvalue weighted by molar-refractivity contribution is 7.88. The normalized spacial score (nSPS) is 14.8. The van der Waals surface area contributed by atoms with E-state index in [9.17, 15) is 17.9 Å². The van der Waals surface area contributed by atoms with Crippen molar-refractivity contribution in [3.63, 3.8) is 0 Å². The number of benzene rings is 2. The Morgan fingerprint density at radius 2 is 1.94 bits per heavy atom. The second-order valence-electron chi connectivity index (χ2n) is 8.72. The standard InChI is InChI=1S/C25H30FN5O3S/c1-35(33,34)31(21-8-11-27-12-9-21)17-19-3-2-4-20(15-19)23-10-14-29-25(30-23)28-13-7-18-5-6-24(32)22(26)16-18/h2-6,10,14-16,21,27,32H,7-9,11-13,17H2,1H3,(H,28,29,30). The van der Waals surface area contributed by atoms with Crippen LogP contribution < -0.4 is 10.6 Å². The van der Waals surface area contributed by atoms with Gasteiger partial charge in [-0.15, -0.1) is 0 Å². The predicted molar refractivity (Wildman–Crippen MR) is 134 cm³/mol. The number of hydrogen-bond donors (Lipinski definition) is 3. The van der Waals surface area contributed by atoms with Gasteiger partial charge in [-0.1, -0.05) is 24.3 Å². The molecule has 0 amide bonds. The molecule has 3 aromatic rings. The molecule has 1 aromatic heterocycles. The number of sulfonamides is 1. The average Bonchev–Trinajstić information content (AvgIpc) is 2.85. The Labute approximate surface area is 205 Å². The summed E-state index contributed by atoms with van der Waals surface area (Å²) in [6.07, 6.45) is 5.07. The molecule has 0 radical (unpaired) electrons. The van der Waals surface area contributed by atoms with Crippen LogP contribution >= 0.6 is 0 Å². The fourth-order valence-corrected chi connectivity index (χ4v) is 5.39. The first kappa shape index (κ1) is 25.0. The van der Waals surface area contributed by atoms with Crippen LogP contribution in [0.3, 0.4) is 0 Å². The number of phenolic OH excluding ortho intramolecular Hbond substituents is 1. The molecule has 0 unspecified atom stereocenters. The molecular weight excluding hydrogens is 469 g/mol. The molecule has 0 aliphatic carbocycles. The van der Waals surface area contributed by atoms with E-state index < -0.39 is 15.8 Å². The summed E-state index contributed by atoms with van der Waals surface area (Å²) in [6, 6.07) is 13.9. The van der Waals surface area contributed by atoms with E-state index in [2.05, 4.69) is 20.6 Å². The van der Waals surface area contributed by atoms with E-state index in [-0.39, 0.29) is 11.8 Å². The van der Waals surface area contributed by atoms with E-state index in [1.165, 1.54) is 18.4 Å². The summed E-state index contributed by atoms with van der Waals surface area (Å²) in [5, 5.41) is 15.7. The molecule has 8 nitrogen and oxygen atoms in total. The largest absolute Gasteiger partial charge is 0.505 e. The van der Waals surface area contributed by atoms with Crippen molar-refractivity contribution in [1.82, 2.24) is 19.6 Å². The number of halogens is 1. The van der Waals surface area contributed by atoms with Gasteiger partial charge in [-0.2, -0.15) is 4.31 Å². The van der Waals surface area contributed by atoms with E-state index in [1.54, 1.807) is 22.6 Å². The zero-order valence-corrected chi connectivity index (χ0v) is 20.4.